The van der Waals surface area contributed by atoms with E-state index in [1.807, 2.05) is 0 Å². The Kier molecular flexibility index (Phi) is 1.58. The Morgan fingerprint density at radius 1 is 1.45 bits per heavy atom. The molecular formula is C6H3BrClN3. The molecule has 2 rings (SSSR count). The van der Waals surface area contributed by atoms with E-state index >= 15 is 0 Å². The second-order valence-corrected chi connectivity index (χ2v) is 3.18. The summed E-state index contributed by atoms with van der Waals surface area (Å²) in [5.41, 5.74) is 0. The van der Waals surface area contributed by atoms with Crippen LogP contribution in [0, 0.1) is 0 Å². The molecular weight excluding hydrogens is 229 g/mol. The lowest BCUT2D eigenvalue weighted by Crippen LogP contribution is -1.88. The van der Waals surface area contributed by atoms with Crippen molar-refractivity contribution in [3.8, 4) is 0 Å². The fraction of sp³-hybridized carbons (Fsp3) is 0. The zero-order chi connectivity index (χ0) is 7.84. The molecule has 5 heteroatoms. The maximum atomic E-state index is 5.86. The highest BCUT2D eigenvalue weighted by molar-refractivity contribution is 9.10. The van der Waals surface area contributed by atoms with Crippen molar-refractivity contribution in [2.45, 2.75) is 0 Å². The smallest absolute Gasteiger partial charge is 0.235 e. The van der Waals surface area contributed by atoms with Crippen LogP contribution >= 0.6 is 27.5 Å². The van der Waals surface area contributed by atoms with E-state index in [0.717, 1.165) is 4.60 Å². The van der Waals surface area contributed by atoms with Crippen molar-refractivity contribution in [1.82, 2.24) is 14.4 Å². The molecule has 0 aliphatic rings. The molecule has 0 aromatic carbocycles. The third-order valence-corrected chi connectivity index (χ3v) is 2.17. The molecule has 3 nitrogen and oxygen atoms in total. The Balaban J connectivity index is 2.96. The van der Waals surface area contributed by atoms with Gasteiger partial charge in [0.1, 0.15) is 9.76 Å². The first-order valence-electron chi connectivity index (χ1n) is 2.92. The van der Waals surface area contributed by atoms with E-state index in [0.29, 0.717) is 10.9 Å². The topological polar surface area (TPSA) is 30.2 Å². The first-order valence-corrected chi connectivity index (χ1v) is 4.09. The summed E-state index contributed by atoms with van der Waals surface area (Å²) >= 11 is 9.15. The normalized spacial score (nSPS) is 10.7. The fourth-order valence-corrected chi connectivity index (χ4v) is 1.63. The minimum absolute atomic E-state index is 0.597. The van der Waals surface area contributed by atoms with Crippen LogP contribution in [0.25, 0.3) is 5.78 Å². The van der Waals surface area contributed by atoms with Gasteiger partial charge in [0.25, 0.3) is 0 Å². The van der Waals surface area contributed by atoms with Crippen LogP contribution in [0.2, 0.25) is 5.15 Å². The standard InChI is InChI=1S/C6H3BrClN3/c7-4-3-10-6-9-2-1-5(8)11(4)6/h1-3H. The van der Waals surface area contributed by atoms with E-state index in [1.54, 1.807) is 22.9 Å². The zero-order valence-electron chi connectivity index (χ0n) is 5.33. The molecule has 2 aromatic rings. The molecule has 0 saturated heterocycles. The van der Waals surface area contributed by atoms with Gasteiger partial charge in [-0.25, -0.2) is 9.97 Å². The predicted molar refractivity (Wildman–Crippen MR) is 45.7 cm³/mol. The van der Waals surface area contributed by atoms with Gasteiger partial charge in [0.15, 0.2) is 0 Å². The number of halogens is 2. The van der Waals surface area contributed by atoms with Crippen molar-refractivity contribution in [2.75, 3.05) is 0 Å². The van der Waals surface area contributed by atoms with E-state index in [1.165, 1.54) is 0 Å². The Labute approximate surface area is 76.2 Å². The fourth-order valence-electron chi connectivity index (χ4n) is 0.851. The van der Waals surface area contributed by atoms with Gasteiger partial charge in [0, 0.05) is 6.20 Å². The van der Waals surface area contributed by atoms with Crippen LogP contribution in [0.15, 0.2) is 23.1 Å². The molecule has 2 aromatic heterocycles. The van der Waals surface area contributed by atoms with Crippen LogP contribution in [-0.2, 0) is 0 Å². The first kappa shape index (κ1) is 7.06. The maximum absolute atomic E-state index is 5.86. The Bertz CT molecular complexity index is 398. The van der Waals surface area contributed by atoms with Gasteiger partial charge >= 0.3 is 0 Å². The maximum Gasteiger partial charge on any atom is 0.235 e. The molecule has 0 aliphatic heterocycles. The molecule has 0 amide bonds. The molecule has 0 atom stereocenters. The van der Waals surface area contributed by atoms with E-state index < -0.39 is 0 Å². The van der Waals surface area contributed by atoms with Crippen LogP contribution in [0.4, 0.5) is 0 Å². The van der Waals surface area contributed by atoms with Crippen molar-refractivity contribution in [3.63, 3.8) is 0 Å². The minimum Gasteiger partial charge on any atom is -0.261 e. The number of nitrogens with zero attached hydrogens (tertiary/aromatic N) is 3. The van der Waals surface area contributed by atoms with E-state index in [9.17, 15) is 0 Å². The largest absolute Gasteiger partial charge is 0.261 e. The highest BCUT2D eigenvalue weighted by atomic mass is 79.9. The van der Waals surface area contributed by atoms with Gasteiger partial charge < -0.3 is 0 Å². The molecule has 2 heterocycles. The molecule has 56 valence electrons. The second-order valence-electron chi connectivity index (χ2n) is 1.98. The van der Waals surface area contributed by atoms with Crippen LogP contribution in [-0.4, -0.2) is 14.4 Å². The van der Waals surface area contributed by atoms with E-state index in [4.69, 9.17) is 11.6 Å². The molecule has 0 radical (unpaired) electrons. The SMILES string of the molecule is Clc1ccnc2ncc(Br)n12. The Morgan fingerprint density at radius 3 is 3.00 bits per heavy atom. The average Bonchev–Trinajstić information content (AvgIpc) is 2.34. The van der Waals surface area contributed by atoms with E-state index in [2.05, 4.69) is 25.9 Å². The minimum atomic E-state index is 0.597. The number of hydrogen-bond acceptors (Lipinski definition) is 2. The lowest BCUT2D eigenvalue weighted by Gasteiger charge is -1.95. The molecule has 0 spiro atoms. The van der Waals surface area contributed by atoms with Crippen molar-refractivity contribution >= 4 is 33.3 Å². The monoisotopic (exact) mass is 231 g/mol. The summed E-state index contributed by atoms with van der Waals surface area (Å²) in [5.74, 6) is 0.601. The van der Waals surface area contributed by atoms with Crippen LogP contribution in [0.3, 0.4) is 0 Å². The second kappa shape index (κ2) is 2.46. The molecule has 0 fully saturated rings. The summed E-state index contributed by atoms with van der Waals surface area (Å²) in [6.07, 6.45) is 3.28. The summed E-state index contributed by atoms with van der Waals surface area (Å²) in [4.78, 5) is 8.00. The van der Waals surface area contributed by atoms with Gasteiger partial charge in [-0.1, -0.05) is 11.6 Å². The van der Waals surface area contributed by atoms with Crippen molar-refractivity contribution in [3.05, 3.63) is 28.2 Å². The molecule has 0 saturated carbocycles. The van der Waals surface area contributed by atoms with Gasteiger partial charge in [-0.05, 0) is 22.0 Å². The molecule has 0 aliphatic carbocycles. The Hall–Kier alpha value is -0.610. The third-order valence-electron chi connectivity index (χ3n) is 1.32. The first-order chi connectivity index (χ1) is 5.29. The van der Waals surface area contributed by atoms with Crippen LogP contribution in [0.1, 0.15) is 0 Å². The van der Waals surface area contributed by atoms with Gasteiger partial charge in [-0.15, -0.1) is 0 Å². The summed E-state index contributed by atoms with van der Waals surface area (Å²) in [6, 6.07) is 1.71. The van der Waals surface area contributed by atoms with Gasteiger partial charge in [0.2, 0.25) is 5.78 Å². The zero-order valence-corrected chi connectivity index (χ0v) is 7.67. The van der Waals surface area contributed by atoms with Gasteiger partial charge in [-0.3, -0.25) is 4.40 Å². The van der Waals surface area contributed by atoms with Crippen LogP contribution in [0.5, 0.6) is 0 Å². The molecule has 11 heavy (non-hydrogen) atoms. The third kappa shape index (κ3) is 1.02. The van der Waals surface area contributed by atoms with Gasteiger partial charge in [-0.2, -0.15) is 0 Å². The number of fused-ring (bicyclic) bond motifs is 1. The molecule has 0 unspecified atom stereocenters. The summed E-state index contributed by atoms with van der Waals surface area (Å²) < 4.78 is 2.52. The quantitative estimate of drug-likeness (QED) is 0.652. The highest BCUT2D eigenvalue weighted by Crippen LogP contribution is 2.16. The lowest BCUT2D eigenvalue weighted by atomic mass is 10.7. The summed E-state index contributed by atoms with van der Waals surface area (Å²) in [5, 5.41) is 0.597. The number of aromatic nitrogens is 3. The molecule has 0 bridgehead atoms. The number of hydrogen-bond donors (Lipinski definition) is 0. The highest BCUT2D eigenvalue weighted by Gasteiger charge is 2.02. The average molecular weight is 232 g/mol. The number of rotatable bonds is 0. The number of imidazole rings is 1. The lowest BCUT2D eigenvalue weighted by molar-refractivity contribution is 1.09. The molecule has 0 N–H and O–H groups in total. The van der Waals surface area contributed by atoms with Crippen molar-refractivity contribution in [1.29, 1.82) is 0 Å². The van der Waals surface area contributed by atoms with E-state index in [-0.39, 0.29) is 0 Å². The van der Waals surface area contributed by atoms with Crippen molar-refractivity contribution in [2.24, 2.45) is 0 Å². The Morgan fingerprint density at radius 2 is 2.27 bits per heavy atom. The summed E-state index contributed by atoms with van der Waals surface area (Å²) in [7, 11) is 0. The van der Waals surface area contributed by atoms with Crippen molar-refractivity contribution < 1.29 is 0 Å². The summed E-state index contributed by atoms with van der Waals surface area (Å²) in [6.45, 7) is 0. The van der Waals surface area contributed by atoms with Crippen LogP contribution < -0.4 is 0 Å². The van der Waals surface area contributed by atoms with Gasteiger partial charge in [0.05, 0.1) is 6.20 Å². The predicted octanol–water partition coefficient (Wildman–Crippen LogP) is 2.15.